The summed E-state index contributed by atoms with van der Waals surface area (Å²) in [7, 11) is 2.87. The van der Waals surface area contributed by atoms with Crippen LogP contribution in [0.15, 0.2) is 10.2 Å². The number of carbonyl (C=O) groups excluding carboxylic acids is 2. The Balaban J connectivity index is 1.77. The van der Waals surface area contributed by atoms with Crippen LogP contribution < -0.4 is 0 Å². The average molecular weight is 318 g/mol. The Morgan fingerprint density at radius 3 is 2.30 bits per heavy atom. The SMILES string of the molecule is COC(=O)[C@]12N=N[C@](C(=O)OC)([C@@H]3[C@H]4CC[C@H](C4)[C@@H]31)[C@@]1(C)C[C@@H]21. The molecule has 8 atom stereocenters. The molecule has 6 rings (SSSR count). The molecule has 0 spiro atoms. The number of hydrogen-bond donors (Lipinski definition) is 0. The number of ether oxygens (including phenoxy) is 2. The van der Waals surface area contributed by atoms with E-state index in [0.29, 0.717) is 11.8 Å². The highest BCUT2D eigenvalue weighted by atomic mass is 16.5. The Labute approximate surface area is 135 Å². The van der Waals surface area contributed by atoms with Gasteiger partial charge in [-0.1, -0.05) is 6.92 Å². The Kier molecular flexibility index (Phi) is 2.29. The number of esters is 2. The van der Waals surface area contributed by atoms with Crippen LogP contribution in [-0.4, -0.2) is 37.2 Å². The summed E-state index contributed by atoms with van der Waals surface area (Å²) in [6.07, 6.45) is 4.14. The van der Waals surface area contributed by atoms with Crippen molar-refractivity contribution in [3.8, 4) is 0 Å². The van der Waals surface area contributed by atoms with Crippen LogP contribution >= 0.6 is 0 Å². The number of carbonyl (C=O) groups is 2. The van der Waals surface area contributed by atoms with Gasteiger partial charge in [0.1, 0.15) is 0 Å². The molecule has 0 amide bonds. The second kappa shape index (κ2) is 3.78. The lowest BCUT2D eigenvalue weighted by molar-refractivity contribution is -0.178. The molecule has 0 aromatic rings. The van der Waals surface area contributed by atoms with Gasteiger partial charge in [0.15, 0.2) is 11.1 Å². The second-order valence-corrected chi connectivity index (χ2v) is 8.33. The highest BCUT2D eigenvalue weighted by molar-refractivity contribution is 5.90. The summed E-state index contributed by atoms with van der Waals surface area (Å²) in [5.74, 6) is 0.616. The van der Waals surface area contributed by atoms with E-state index in [2.05, 4.69) is 17.2 Å². The first kappa shape index (κ1) is 13.9. The van der Waals surface area contributed by atoms with Crippen LogP contribution in [0.5, 0.6) is 0 Å². The zero-order valence-corrected chi connectivity index (χ0v) is 13.7. The fourth-order valence-corrected chi connectivity index (χ4v) is 7.09. The zero-order chi connectivity index (χ0) is 16.2. The van der Waals surface area contributed by atoms with Gasteiger partial charge in [0, 0.05) is 23.2 Å². The minimum absolute atomic E-state index is 0.0552. The molecule has 0 unspecified atom stereocenters. The molecule has 0 aromatic carbocycles. The van der Waals surface area contributed by atoms with E-state index in [-0.39, 0.29) is 35.1 Å². The number of hydrogen-bond acceptors (Lipinski definition) is 6. The van der Waals surface area contributed by atoms with E-state index < -0.39 is 11.1 Å². The van der Waals surface area contributed by atoms with Crippen LogP contribution in [0.25, 0.3) is 0 Å². The van der Waals surface area contributed by atoms with Gasteiger partial charge in [-0.05, 0) is 37.5 Å². The fourth-order valence-electron chi connectivity index (χ4n) is 7.09. The Hall–Kier alpha value is -1.46. The van der Waals surface area contributed by atoms with Crippen molar-refractivity contribution < 1.29 is 19.1 Å². The van der Waals surface area contributed by atoms with E-state index >= 15 is 0 Å². The maximum absolute atomic E-state index is 12.9. The summed E-state index contributed by atoms with van der Waals surface area (Å²) in [4.78, 5) is 25.7. The lowest BCUT2D eigenvalue weighted by Crippen LogP contribution is -2.70. The van der Waals surface area contributed by atoms with Gasteiger partial charge in [0.2, 0.25) is 0 Å². The summed E-state index contributed by atoms with van der Waals surface area (Å²) in [6, 6.07) is 0. The first-order valence-electron chi connectivity index (χ1n) is 8.58. The highest BCUT2D eigenvalue weighted by Gasteiger charge is 2.89. The van der Waals surface area contributed by atoms with Crippen LogP contribution in [0.1, 0.15) is 32.6 Å². The number of rotatable bonds is 2. The van der Waals surface area contributed by atoms with Crippen molar-refractivity contribution in [2.75, 3.05) is 14.2 Å². The third-order valence-electron chi connectivity index (χ3n) is 7.93. The highest BCUT2D eigenvalue weighted by Crippen LogP contribution is 2.81. The van der Waals surface area contributed by atoms with Gasteiger partial charge in [0.05, 0.1) is 14.2 Å². The molecule has 23 heavy (non-hydrogen) atoms. The van der Waals surface area contributed by atoms with Gasteiger partial charge in [-0.3, -0.25) is 0 Å². The lowest BCUT2D eigenvalue weighted by Gasteiger charge is -2.57. The van der Waals surface area contributed by atoms with Crippen molar-refractivity contribution in [1.82, 2.24) is 0 Å². The quantitative estimate of drug-likeness (QED) is 0.729. The van der Waals surface area contributed by atoms with E-state index in [1.807, 2.05) is 0 Å². The number of methoxy groups -OCH3 is 2. The maximum Gasteiger partial charge on any atom is 0.336 e. The van der Waals surface area contributed by atoms with Gasteiger partial charge < -0.3 is 9.47 Å². The minimum Gasteiger partial charge on any atom is -0.467 e. The van der Waals surface area contributed by atoms with Gasteiger partial charge in [-0.2, -0.15) is 10.2 Å². The van der Waals surface area contributed by atoms with Crippen molar-refractivity contribution in [2.45, 2.75) is 43.7 Å². The largest absolute Gasteiger partial charge is 0.467 e. The molecule has 0 radical (unpaired) electrons. The molecule has 0 N–H and O–H groups in total. The van der Waals surface area contributed by atoms with Gasteiger partial charge in [0.25, 0.3) is 0 Å². The van der Waals surface area contributed by atoms with Crippen LogP contribution in [0.3, 0.4) is 0 Å². The third-order valence-corrected chi connectivity index (χ3v) is 7.93. The summed E-state index contributed by atoms with van der Waals surface area (Å²) < 4.78 is 10.4. The molecule has 4 fully saturated rings. The third kappa shape index (κ3) is 1.14. The van der Waals surface area contributed by atoms with E-state index in [1.165, 1.54) is 14.2 Å². The Bertz CT molecular complexity index is 663. The monoisotopic (exact) mass is 318 g/mol. The van der Waals surface area contributed by atoms with Crippen molar-refractivity contribution >= 4 is 11.9 Å². The topological polar surface area (TPSA) is 77.3 Å². The minimum atomic E-state index is -0.882. The van der Waals surface area contributed by atoms with Crippen LogP contribution in [0, 0.1) is 35.0 Å². The van der Waals surface area contributed by atoms with E-state index in [9.17, 15) is 9.59 Å². The molecule has 124 valence electrons. The summed E-state index contributed by atoms with van der Waals surface area (Å²) in [5, 5.41) is 9.07. The second-order valence-electron chi connectivity index (χ2n) is 8.33. The zero-order valence-electron chi connectivity index (χ0n) is 13.7. The molecule has 4 saturated carbocycles. The molecule has 4 aliphatic carbocycles. The molecular weight excluding hydrogens is 296 g/mol. The number of azo groups is 1. The van der Waals surface area contributed by atoms with Crippen LogP contribution in [0.2, 0.25) is 0 Å². The Morgan fingerprint density at radius 2 is 1.65 bits per heavy atom. The van der Waals surface area contributed by atoms with Crippen molar-refractivity contribution in [3.05, 3.63) is 0 Å². The van der Waals surface area contributed by atoms with Gasteiger partial charge in [-0.25, -0.2) is 9.59 Å². The van der Waals surface area contributed by atoms with E-state index in [4.69, 9.17) is 9.47 Å². The first-order chi connectivity index (χ1) is 11.0. The molecular formula is C17H22N2O4. The van der Waals surface area contributed by atoms with E-state index in [1.54, 1.807) is 0 Å². The van der Waals surface area contributed by atoms with Crippen LogP contribution in [0.4, 0.5) is 0 Å². The number of fused-ring (bicyclic) bond motifs is 2. The predicted molar refractivity (Wildman–Crippen MR) is 78.4 cm³/mol. The average Bonchev–Trinajstić information content (AvgIpc) is 2.96. The smallest absolute Gasteiger partial charge is 0.336 e. The maximum atomic E-state index is 12.9. The van der Waals surface area contributed by atoms with Gasteiger partial charge >= 0.3 is 11.9 Å². The van der Waals surface area contributed by atoms with Crippen LogP contribution in [-0.2, 0) is 19.1 Å². The Morgan fingerprint density at radius 1 is 1.00 bits per heavy atom. The lowest BCUT2D eigenvalue weighted by atomic mass is 9.50. The normalized spacial score (nSPS) is 56.9. The standard InChI is InChI=1S/C17H22N2O4/c1-15-7-10(15)16(13(20)22-2)11-8-4-5-9(6-8)12(11)17(15,19-18-16)14(21)23-3/h8-12H,4-7H2,1-3H3/t8-,9+,10-,11+,12-,15+,16-,17+/m1/s1. The summed E-state index contributed by atoms with van der Waals surface area (Å²) in [6.45, 7) is 2.09. The van der Waals surface area contributed by atoms with Crippen molar-refractivity contribution in [2.24, 2.45) is 45.2 Å². The fraction of sp³-hybridized carbons (Fsp3) is 0.882. The van der Waals surface area contributed by atoms with Crippen molar-refractivity contribution in [3.63, 3.8) is 0 Å². The molecule has 0 aromatic heterocycles. The summed E-state index contributed by atoms with van der Waals surface area (Å²) >= 11 is 0. The molecule has 4 bridgehead atoms. The molecule has 6 heteroatoms. The number of nitrogens with zero attached hydrogens (tertiary/aromatic N) is 2. The first-order valence-corrected chi connectivity index (χ1v) is 8.58. The molecule has 0 saturated heterocycles. The van der Waals surface area contributed by atoms with Gasteiger partial charge in [-0.15, -0.1) is 0 Å². The molecule has 6 nitrogen and oxygen atoms in total. The molecule has 6 aliphatic rings. The summed E-state index contributed by atoms with van der Waals surface area (Å²) in [5.41, 5.74) is -2.06. The van der Waals surface area contributed by atoms with E-state index in [0.717, 1.165) is 25.7 Å². The molecule has 2 aliphatic heterocycles. The predicted octanol–water partition coefficient (Wildman–Crippen LogP) is 1.98. The van der Waals surface area contributed by atoms with Crippen molar-refractivity contribution in [1.29, 1.82) is 0 Å². The molecule has 2 heterocycles.